The lowest BCUT2D eigenvalue weighted by Crippen LogP contribution is -2.04. The number of thiophene rings is 1. The lowest BCUT2D eigenvalue weighted by Gasteiger charge is -2.16. The SMILES string of the molecule is OC1CCCc2cc(I)sc21. The second-order valence-corrected chi connectivity index (χ2v) is 5.83. The maximum Gasteiger partial charge on any atom is 0.0885 e. The van der Waals surface area contributed by atoms with Crippen LogP contribution in [0.1, 0.15) is 29.4 Å². The van der Waals surface area contributed by atoms with Crippen molar-refractivity contribution in [1.29, 1.82) is 0 Å². The first kappa shape index (κ1) is 8.01. The minimum atomic E-state index is -0.174. The molecule has 1 N–H and O–H groups in total. The highest BCUT2D eigenvalue weighted by Crippen LogP contribution is 2.36. The van der Waals surface area contributed by atoms with Gasteiger partial charge in [-0.05, 0) is 53.5 Å². The molecule has 1 atom stereocenters. The molecule has 0 saturated heterocycles. The Kier molecular flexibility index (Phi) is 2.21. The van der Waals surface area contributed by atoms with E-state index in [9.17, 15) is 5.11 Å². The van der Waals surface area contributed by atoms with Crippen LogP contribution in [-0.2, 0) is 6.42 Å². The maximum absolute atomic E-state index is 9.58. The Hall–Kier alpha value is 0.390. The van der Waals surface area contributed by atoms with Crippen LogP contribution in [0.3, 0.4) is 0 Å². The second-order valence-electron chi connectivity index (χ2n) is 2.85. The minimum Gasteiger partial charge on any atom is -0.388 e. The van der Waals surface area contributed by atoms with Gasteiger partial charge < -0.3 is 5.11 Å². The molecule has 3 heteroatoms. The summed E-state index contributed by atoms with van der Waals surface area (Å²) in [6.07, 6.45) is 3.07. The van der Waals surface area contributed by atoms with Gasteiger partial charge in [0, 0.05) is 4.88 Å². The van der Waals surface area contributed by atoms with Gasteiger partial charge in [0.15, 0.2) is 0 Å². The van der Waals surface area contributed by atoms with Gasteiger partial charge in [-0.3, -0.25) is 0 Å². The van der Waals surface area contributed by atoms with E-state index in [1.165, 1.54) is 13.3 Å². The van der Waals surface area contributed by atoms with Crippen LogP contribution >= 0.6 is 33.9 Å². The second kappa shape index (κ2) is 3.03. The van der Waals surface area contributed by atoms with Crippen LogP contribution in [0, 0.1) is 2.88 Å². The van der Waals surface area contributed by atoms with Gasteiger partial charge in [-0.25, -0.2) is 0 Å². The molecule has 0 aromatic carbocycles. The van der Waals surface area contributed by atoms with E-state index in [0.29, 0.717) is 0 Å². The van der Waals surface area contributed by atoms with Crippen LogP contribution in [0.25, 0.3) is 0 Å². The Morgan fingerprint density at radius 2 is 2.45 bits per heavy atom. The summed E-state index contributed by atoms with van der Waals surface area (Å²) in [5, 5.41) is 9.58. The predicted octanol–water partition coefficient (Wildman–Crippen LogP) is 2.72. The molecule has 0 amide bonds. The molecule has 0 spiro atoms. The molecule has 1 aromatic rings. The van der Waals surface area contributed by atoms with E-state index in [-0.39, 0.29) is 6.10 Å². The summed E-state index contributed by atoms with van der Waals surface area (Å²) in [5.74, 6) is 0. The van der Waals surface area contributed by atoms with Gasteiger partial charge in [0.25, 0.3) is 0 Å². The smallest absolute Gasteiger partial charge is 0.0885 e. The normalized spacial score (nSPS) is 23.3. The topological polar surface area (TPSA) is 20.2 Å². The van der Waals surface area contributed by atoms with Crippen molar-refractivity contribution < 1.29 is 5.11 Å². The zero-order valence-electron chi connectivity index (χ0n) is 6.01. The number of halogens is 1. The summed E-state index contributed by atoms with van der Waals surface area (Å²) in [7, 11) is 0. The van der Waals surface area contributed by atoms with Crippen molar-refractivity contribution in [3.8, 4) is 0 Å². The third-order valence-electron chi connectivity index (χ3n) is 2.04. The molecule has 0 aliphatic heterocycles. The molecule has 1 aliphatic rings. The van der Waals surface area contributed by atoms with Crippen molar-refractivity contribution in [2.75, 3.05) is 0 Å². The van der Waals surface area contributed by atoms with Crippen LogP contribution in [0.2, 0.25) is 0 Å². The van der Waals surface area contributed by atoms with Crippen molar-refractivity contribution in [3.63, 3.8) is 0 Å². The number of aliphatic hydroxyl groups excluding tert-OH is 1. The van der Waals surface area contributed by atoms with Gasteiger partial charge in [-0.1, -0.05) is 0 Å². The molecule has 1 heterocycles. The summed E-state index contributed by atoms with van der Waals surface area (Å²) in [5.41, 5.74) is 1.37. The van der Waals surface area contributed by atoms with E-state index in [2.05, 4.69) is 28.7 Å². The number of rotatable bonds is 0. The quantitative estimate of drug-likeness (QED) is 0.724. The highest BCUT2D eigenvalue weighted by Gasteiger charge is 2.20. The van der Waals surface area contributed by atoms with E-state index in [4.69, 9.17) is 0 Å². The standard InChI is InChI=1S/C8H9IOS/c9-7-4-5-2-1-3-6(10)8(5)11-7/h4,6,10H,1-3H2. The van der Waals surface area contributed by atoms with E-state index in [0.717, 1.165) is 19.3 Å². The van der Waals surface area contributed by atoms with Crippen LogP contribution in [-0.4, -0.2) is 5.11 Å². The number of fused-ring (bicyclic) bond motifs is 1. The van der Waals surface area contributed by atoms with Crippen molar-refractivity contribution in [1.82, 2.24) is 0 Å². The summed E-state index contributed by atoms with van der Waals surface area (Å²) < 4.78 is 1.30. The van der Waals surface area contributed by atoms with E-state index in [1.54, 1.807) is 11.3 Å². The molecule has 60 valence electrons. The zero-order valence-corrected chi connectivity index (χ0v) is 8.98. The average Bonchev–Trinajstić information content (AvgIpc) is 2.31. The number of hydrogen-bond donors (Lipinski definition) is 1. The highest BCUT2D eigenvalue weighted by atomic mass is 127. The van der Waals surface area contributed by atoms with Crippen molar-refractivity contribution in [3.05, 3.63) is 19.4 Å². The van der Waals surface area contributed by atoms with Crippen molar-refractivity contribution in [2.45, 2.75) is 25.4 Å². The summed E-state index contributed by atoms with van der Waals surface area (Å²) in [6, 6.07) is 2.20. The molecule has 1 aliphatic carbocycles. The monoisotopic (exact) mass is 280 g/mol. The van der Waals surface area contributed by atoms with Crippen molar-refractivity contribution >= 4 is 33.9 Å². The molecular weight excluding hydrogens is 271 g/mol. The summed E-state index contributed by atoms with van der Waals surface area (Å²) in [6.45, 7) is 0. The Morgan fingerprint density at radius 3 is 3.18 bits per heavy atom. The lowest BCUT2D eigenvalue weighted by atomic mass is 9.97. The van der Waals surface area contributed by atoms with Gasteiger partial charge in [-0.15, -0.1) is 11.3 Å². The third-order valence-corrected chi connectivity index (χ3v) is 4.08. The minimum absolute atomic E-state index is 0.174. The van der Waals surface area contributed by atoms with Crippen LogP contribution in [0.5, 0.6) is 0 Å². The molecule has 0 saturated carbocycles. The molecule has 0 radical (unpaired) electrons. The molecule has 1 nitrogen and oxygen atoms in total. The Labute approximate surface area is 83.6 Å². The maximum atomic E-state index is 9.58. The zero-order chi connectivity index (χ0) is 7.84. The van der Waals surface area contributed by atoms with Crippen molar-refractivity contribution in [2.24, 2.45) is 0 Å². The number of aliphatic hydroxyl groups is 1. The Morgan fingerprint density at radius 1 is 1.64 bits per heavy atom. The molecule has 1 aromatic heterocycles. The fourth-order valence-electron chi connectivity index (χ4n) is 1.50. The fourth-order valence-corrected chi connectivity index (χ4v) is 3.55. The van der Waals surface area contributed by atoms with Gasteiger partial charge in [0.1, 0.15) is 0 Å². The van der Waals surface area contributed by atoms with Crippen LogP contribution < -0.4 is 0 Å². The molecule has 1 unspecified atom stereocenters. The summed E-state index contributed by atoms with van der Waals surface area (Å²) in [4.78, 5) is 1.21. The van der Waals surface area contributed by atoms with E-state index in [1.807, 2.05) is 0 Å². The van der Waals surface area contributed by atoms with Gasteiger partial charge >= 0.3 is 0 Å². The molecule has 0 bridgehead atoms. The van der Waals surface area contributed by atoms with Gasteiger partial charge in [0.2, 0.25) is 0 Å². The Balaban J connectivity index is 2.43. The van der Waals surface area contributed by atoms with Crippen LogP contribution in [0.15, 0.2) is 6.07 Å². The lowest BCUT2D eigenvalue weighted by molar-refractivity contribution is 0.161. The van der Waals surface area contributed by atoms with E-state index >= 15 is 0 Å². The molecule has 11 heavy (non-hydrogen) atoms. The van der Waals surface area contributed by atoms with E-state index < -0.39 is 0 Å². The first-order valence-corrected chi connectivity index (χ1v) is 5.63. The van der Waals surface area contributed by atoms with Crippen LogP contribution in [0.4, 0.5) is 0 Å². The Bertz CT molecular complexity index is 269. The highest BCUT2D eigenvalue weighted by molar-refractivity contribution is 14.1. The fraction of sp³-hybridized carbons (Fsp3) is 0.500. The molecule has 2 rings (SSSR count). The predicted molar refractivity (Wildman–Crippen MR) is 54.9 cm³/mol. The summed E-state index contributed by atoms with van der Waals surface area (Å²) >= 11 is 4.05. The van der Waals surface area contributed by atoms with Gasteiger partial charge in [-0.2, -0.15) is 0 Å². The first-order valence-electron chi connectivity index (χ1n) is 3.73. The number of hydrogen-bond acceptors (Lipinski definition) is 2. The number of aryl methyl sites for hydroxylation is 1. The largest absolute Gasteiger partial charge is 0.388 e. The molecular formula is C8H9IOS. The van der Waals surface area contributed by atoms with Gasteiger partial charge in [0.05, 0.1) is 8.99 Å². The molecule has 0 fully saturated rings. The average molecular weight is 280 g/mol. The third kappa shape index (κ3) is 1.46. The first-order chi connectivity index (χ1) is 5.27.